The molecule has 2 rings (SSSR count). The van der Waals surface area contributed by atoms with Gasteiger partial charge in [-0.05, 0) is 31.5 Å². The second-order valence-corrected chi connectivity index (χ2v) is 4.67. The number of hydrogen-bond donors (Lipinski definition) is 0. The van der Waals surface area contributed by atoms with E-state index in [0.29, 0.717) is 11.1 Å². The van der Waals surface area contributed by atoms with Crippen LogP contribution in [-0.4, -0.2) is 16.1 Å². The van der Waals surface area contributed by atoms with E-state index in [-0.39, 0.29) is 11.6 Å². The normalized spacial score (nSPS) is 11.5. The van der Waals surface area contributed by atoms with Crippen molar-refractivity contribution in [3.63, 3.8) is 0 Å². The van der Waals surface area contributed by atoms with Crippen LogP contribution in [0.2, 0.25) is 0 Å². The maximum atomic E-state index is 12.4. The predicted octanol–water partition coefficient (Wildman–Crippen LogP) is 3.90. The summed E-state index contributed by atoms with van der Waals surface area (Å²) in [6.45, 7) is 3.88. The number of alkyl halides is 3. The fourth-order valence-corrected chi connectivity index (χ4v) is 1.77. The summed E-state index contributed by atoms with van der Waals surface area (Å²) in [6.07, 6.45) is -1.56. The molecule has 0 fully saturated rings. The zero-order chi connectivity index (χ0) is 15.6. The Hall–Kier alpha value is -2.49. The molecule has 1 heterocycles. The molecule has 0 aliphatic carbocycles. The Balaban J connectivity index is 2.41. The van der Waals surface area contributed by atoms with Crippen LogP contribution in [0.5, 0.6) is 5.75 Å². The maximum Gasteiger partial charge on any atom is 0.573 e. The summed E-state index contributed by atoms with van der Waals surface area (Å²) < 4.78 is 42.6. The topological polar surface area (TPSA) is 50.8 Å². The lowest BCUT2D eigenvalue weighted by atomic mass is 10.1. The lowest BCUT2D eigenvalue weighted by Gasteiger charge is -2.11. The SMILES string of the molecule is CC(C)n1cc(-c2ccc(C#N)c(OC(F)(F)F)c2)cn1. The molecule has 1 aromatic carbocycles. The van der Waals surface area contributed by atoms with E-state index in [4.69, 9.17) is 5.26 Å². The molecular formula is C14H12F3N3O. The summed E-state index contributed by atoms with van der Waals surface area (Å²) in [5.74, 6) is -0.514. The average molecular weight is 295 g/mol. The molecule has 2 aromatic rings. The molecule has 0 aliphatic rings. The highest BCUT2D eigenvalue weighted by Gasteiger charge is 2.32. The number of halogens is 3. The molecule has 110 valence electrons. The molecule has 0 N–H and O–H groups in total. The fraction of sp³-hybridized carbons (Fsp3) is 0.286. The Labute approximate surface area is 119 Å². The van der Waals surface area contributed by atoms with Crippen LogP contribution in [0.4, 0.5) is 13.2 Å². The number of nitriles is 1. The van der Waals surface area contributed by atoms with E-state index in [2.05, 4.69) is 9.84 Å². The van der Waals surface area contributed by atoms with Gasteiger partial charge in [0.1, 0.15) is 11.8 Å². The van der Waals surface area contributed by atoms with Crippen molar-refractivity contribution in [3.8, 4) is 22.9 Å². The quantitative estimate of drug-likeness (QED) is 0.862. The Morgan fingerprint density at radius 1 is 1.29 bits per heavy atom. The highest BCUT2D eigenvalue weighted by molar-refractivity contribution is 5.66. The number of benzene rings is 1. The zero-order valence-corrected chi connectivity index (χ0v) is 11.3. The van der Waals surface area contributed by atoms with E-state index in [1.54, 1.807) is 29.2 Å². The Morgan fingerprint density at radius 2 is 2.00 bits per heavy atom. The maximum absolute atomic E-state index is 12.4. The van der Waals surface area contributed by atoms with Crippen molar-refractivity contribution in [2.24, 2.45) is 0 Å². The van der Waals surface area contributed by atoms with Gasteiger partial charge in [0.2, 0.25) is 0 Å². The lowest BCUT2D eigenvalue weighted by molar-refractivity contribution is -0.274. The predicted molar refractivity (Wildman–Crippen MR) is 69.4 cm³/mol. The van der Waals surface area contributed by atoms with E-state index in [0.717, 1.165) is 0 Å². The molecule has 4 nitrogen and oxygen atoms in total. The first-order chi connectivity index (χ1) is 9.80. The van der Waals surface area contributed by atoms with Crippen molar-refractivity contribution < 1.29 is 17.9 Å². The third-order valence-electron chi connectivity index (χ3n) is 2.79. The van der Waals surface area contributed by atoms with Crippen molar-refractivity contribution >= 4 is 0 Å². The van der Waals surface area contributed by atoms with Gasteiger partial charge in [-0.2, -0.15) is 10.4 Å². The molecule has 21 heavy (non-hydrogen) atoms. The summed E-state index contributed by atoms with van der Waals surface area (Å²) in [6, 6.07) is 5.86. The van der Waals surface area contributed by atoms with Gasteiger partial charge in [0.05, 0.1) is 11.8 Å². The summed E-state index contributed by atoms with van der Waals surface area (Å²) >= 11 is 0. The molecule has 0 unspecified atom stereocenters. The third-order valence-corrected chi connectivity index (χ3v) is 2.79. The van der Waals surface area contributed by atoms with Crippen molar-refractivity contribution in [1.82, 2.24) is 9.78 Å². The van der Waals surface area contributed by atoms with E-state index in [1.165, 1.54) is 12.1 Å². The number of ether oxygens (including phenoxy) is 1. The van der Waals surface area contributed by atoms with Gasteiger partial charge in [-0.25, -0.2) is 0 Å². The number of nitrogens with zero attached hydrogens (tertiary/aromatic N) is 3. The molecule has 1 aromatic heterocycles. The van der Waals surface area contributed by atoms with E-state index in [9.17, 15) is 13.2 Å². The van der Waals surface area contributed by atoms with Gasteiger partial charge < -0.3 is 4.74 Å². The molecule has 7 heteroatoms. The third kappa shape index (κ3) is 3.54. The van der Waals surface area contributed by atoms with Crippen LogP contribution in [0, 0.1) is 11.3 Å². The van der Waals surface area contributed by atoms with E-state index >= 15 is 0 Å². The number of rotatable bonds is 3. The molecular weight excluding hydrogens is 283 g/mol. The van der Waals surface area contributed by atoms with E-state index in [1.807, 2.05) is 13.8 Å². The van der Waals surface area contributed by atoms with Gasteiger partial charge in [0, 0.05) is 17.8 Å². The monoisotopic (exact) mass is 295 g/mol. The minimum atomic E-state index is -4.84. The minimum Gasteiger partial charge on any atom is -0.404 e. The first-order valence-corrected chi connectivity index (χ1v) is 6.14. The highest BCUT2D eigenvalue weighted by Crippen LogP contribution is 2.31. The number of hydrogen-bond acceptors (Lipinski definition) is 3. The zero-order valence-electron chi connectivity index (χ0n) is 11.3. The van der Waals surface area contributed by atoms with Gasteiger partial charge in [0.25, 0.3) is 0 Å². The summed E-state index contributed by atoms with van der Waals surface area (Å²) in [5.41, 5.74) is 0.979. The molecule has 0 saturated carbocycles. The highest BCUT2D eigenvalue weighted by atomic mass is 19.4. The van der Waals surface area contributed by atoms with Crippen LogP contribution < -0.4 is 4.74 Å². The van der Waals surface area contributed by atoms with Crippen LogP contribution >= 0.6 is 0 Å². The van der Waals surface area contributed by atoms with Crippen LogP contribution in [0.15, 0.2) is 30.6 Å². The Bertz CT molecular complexity index is 684. The van der Waals surface area contributed by atoms with Crippen molar-refractivity contribution in [3.05, 3.63) is 36.2 Å². The van der Waals surface area contributed by atoms with E-state index < -0.39 is 12.1 Å². The minimum absolute atomic E-state index is 0.142. The van der Waals surface area contributed by atoms with Crippen LogP contribution in [0.1, 0.15) is 25.5 Å². The largest absolute Gasteiger partial charge is 0.573 e. The fourth-order valence-electron chi connectivity index (χ4n) is 1.77. The smallest absolute Gasteiger partial charge is 0.404 e. The van der Waals surface area contributed by atoms with Crippen molar-refractivity contribution in [2.45, 2.75) is 26.3 Å². The molecule has 0 aliphatic heterocycles. The number of aromatic nitrogens is 2. The summed E-state index contributed by atoms with van der Waals surface area (Å²) in [4.78, 5) is 0. The lowest BCUT2D eigenvalue weighted by Crippen LogP contribution is -2.17. The van der Waals surface area contributed by atoms with Crippen molar-refractivity contribution in [2.75, 3.05) is 0 Å². The summed E-state index contributed by atoms with van der Waals surface area (Å²) in [5, 5.41) is 13.0. The van der Waals surface area contributed by atoms with Gasteiger partial charge in [-0.1, -0.05) is 6.07 Å². The van der Waals surface area contributed by atoms with Crippen LogP contribution in [0.25, 0.3) is 11.1 Å². The molecule has 0 radical (unpaired) electrons. The molecule has 0 amide bonds. The first kappa shape index (κ1) is 14.9. The van der Waals surface area contributed by atoms with Crippen LogP contribution in [0.3, 0.4) is 0 Å². The second kappa shape index (κ2) is 5.48. The molecule has 0 saturated heterocycles. The van der Waals surface area contributed by atoms with Crippen LogP contribution in [-0.2, 0) is 0 Å². The first-order valence-electron chi connectivity index (χ1n) is 6.14. The Morgan fingerprint density at radius 3 is 2.52 bits per heavy atom. The molecule has 0 bridgehead atoms. The molecule has 0 atom stereocenters. The molecule has 0 spiro atoms. The standard InChI is InChI=1S/C14H12F3N3O/c1-9(2)20-8-12(7-19-20)10-3-4-11(6-18)13(5-10)21-14(15,16)17/h3-5,7-9H,1-2H3. The van der Waals surface area contributed by atoms with Gasteiger partial charge in [-0.3, -0.25) is 4.68 Å². The van der Waals surface area contributed by atoms with Gasteiger partial charge in [0.15, 0.2) is 0 Å². The van der Waals surface area contributed by atoms with Crippen molar-refractivity contribution in [1.29, 1.82) is 5.26 Å². The second-order valence-electron chi connectivity index (χ2n) is 4.67. The van der Waals surface area contributed by atoms with Gasteiger partial charge in [-0.15, -0.1) is 13.2 Å². The average Bonchev–Trinajstić information content (AvgIpc) is 2.86. The Kier molecular flexibility index (Phi) is 3.89. The van der Waals surface area contributed by atoms with Gasteiger partial charge >= 0.3 is 6.36 Å². The summed E-state index contributed by atoms with van der Waals surface area (Å²) in [7, 11) is 0.